The van der Waals surface area contributed by atoms with E-state index in [1.165, 1.54) is 74.9 Å². The highest BCUT2D eigenvalue weighted by atomic mass is 32.2. The van der Waals surface area contributed by atoms with Crippen LogP contribution in [0.5, 0.6) is 0 Å². The number of hydrogen-bond acceptors (Lipinski definition) is 6. The second kappa shape index (κ2) is 12.5. The average molecular weight is 473 g/mol. The first kappa shape index (κ1) is 25.7. The molecule has 7 nitrogen and oxygen atoms in total. The quantitative estimate of drug-likeness (QED) is 0.155. The van der Waals surface area contributed by atoms with Gasteiger partial charge < -0.3 is 0 Å². The molecule has 2 aromatic rings. The van der Waals surface area contributed by atoms with Gasteiger partial charge in [0.1, 0.15) is 9.79 Å². The fourth-order valence-corrected chi connectivity index (χ4v) is 5.14. The van der Waals surface area contributed by atoms with Crippen molar-refractivity contribution < 1.29 is 30.6 Å². The van der Waals surface area contributed by atoms with Crippen LogP contribution in [-0.4, -0.2) is 28.0 Å². The number of fused-ring (bicyclic) bond motifs is 1. The summed E-state index contributed by atoms with van der Waals surface area (Å²) in [5, 5.41) is 0.213. The van der Waals surface area contributed by atoms with Crippen LogP contribution in [0.3, 0.4) is 0 Å². The van der Waals surface area contributed by atoms with Gasteiger partial charge >= 0.3 is 10.1 Å². The van der Waals surface area contributed by atoms with Gasteiger partial charge in [-0.05, 0) is 18.6 Å². The zero-order valence-corrected chi connectivity index (χ0v) is 19.6. The van der Waals surface area contributed by atoms with Gasteiger partial charge in [-0.1, -0.05) is 89.0 Å². The third-order valence-corrected chi connectivity index (χ3v) is 7.19. The summed E-state index contributed by atoms with van der Waals surface area (Å²) in [6.45, 7) is 2.36. The van der Waals surface area contributed by atoms with Crippen LogP contribution in [-0.2, 0) is 29.5 Å². The minimum absolute atomic E-state index is 0.0874. The predicted octanol–water partition coefficient (Wildman–Crippen LogP) is 5.64. The highest BCUT2D eigenvalue weighted by molar-refractivity contribution is 7.87. The Hall–Kier alpha value is -1.52. The zero-order valence-electron chi connectivity index (χ0n) is 18.0. The lowest BCUT2D eigenvalue weighted by atomic mass is 10.1. The summed E-state index contributed by atoms with van der Waals surface area (Å²) in [6.07, 6.45) is 11.5. The SMILES string of the molecule is CCCCCCCCCCCCOOS(=O)(=O)c1cccc2c(S(=O)(=O)O)cccc12. The molecule has 0 atom stereocenters. The van der Waals surface area contributed by atoms with Gasteiger partial charge in [0, 0.05) is 10.8 Å². The van der Waals surface area contributed by atoms with Crippen LogP contribution in [0.1, 0.15) is 71.1 Å². The average Bonchev–Trinajstić information content (AvgIpc) is 2.73. The summed E-state index contributed by atoms with van der Waals surface area (Å²) in [6, 6.07) is 8.11. The third kappa shape index (κ3) is 8.16. The highest BCUT2D eigenvalue weighted by Crippen LogP contribution is 2.29. The van der Waals surface area contributed by atoms with E-state index in [1.54, 1.807) is 0 Å². The van der Waals surface area contributed by atoms with Crippen molar-refractivity contribution in [2.24, 2.45) is 0 Å². The highest BCUT2D eigenvalue weighted by Gasteiger charge is 2.22. The molecule has 0 radical (unpaired) electrons. The predicted molar refractivity (Wildman–Crippen MR) is 120 cm³/mol. The molecule has 174 valence electrons. The molecular formula is C22H32O7S2. The van der Waals surface area contributed by atoms with E-state index in [9.17, 15) is 21.4 Å². The summed E-state index contributed by atoms with van der Waals surface area (Å²) >= 11 is 0. The van der Waals surface area contributed by atoms with Crippen LogP contribution in [0.25, 0.3) is 10.8 Å². The maximum absolute atomic E-state index is 12.5. The molecule has 1 N–H and O–H groups in total. The van der Waals surface area contributed by atoms with Crippen LogP contribution in [0.4, 0.5) is 0 Å². The molecule has 9 heteroatoms. The second-order valence-electron chi connectivity index (χ2n) is 7.61. The largest absolute Gasteiger partial charge is 0.323 e. The van der Waals surface area contributed by atoms with Crippen LogP contribution >= 0.6 is 0 Å². The van der Waals surface area contributed by atoms with Crippen LogP contribution < -0.4 is 0 Å². The Morgan fingerprint density at radius 3 is 1.74 bits per heavy atom. The molecule has 0 aliphatic heterocycles. The van der Waals surface area contributed by atoms with Crippen molar-refractivity contribution in [3.63, 3.8) is 0 Å². The minimum atomic E-state index is -4.50. The molecule has 0 fully saturated rings. The van der Waals surface area contributed by atoms with Crippen LogP contribution in [0, 0.1) is 0 Å². The molecule has 0 aliphatic rings. The van der Waals surface area contributed by atoms with E-state index in [1.807, 2.05) is 0 Å². The Labute approximate surface area is 185 Å². The molecule has 0 bridgehead atoms. The first-order valence-electron chi connectivity index (χ1n) is 10.8. The monoisotopic (exact) mass is 472 g/mol. The summed E-state index contributed by atoms with van der Waals surface area (Å²) in [5.41, 5.74) is 0. The number of rotatable bonds is 15. The number of hydrogen-bond donors (Lipinski definition) is 1. The lowest BCUT2D eigenvalue weighted by molar-refractivity contribution is -0.202. The fourth-order valence-electron chi connectivity index (χ4n) is 3.48. The van der Waals surface area contributed by atoms with Gasteiger partial charge in [0.2, 0.25) is 0 Å². The van der Waals surface area contributed by atoms with E-state index in [0.29, 0.717) is 6.42 Å². The molecule has 0 aliphatic carbocycles. The third-order valence-electron chi connectivity index (χ3n) is 5.11. The van der Waals surface area contributed by atoms with E-state index in [4.69, 9.17) is 9.22 Å². The Balaban J connectivity index is 1.82. The van der Waals surface area contributed by atoms with Gasteiger partial charge in [-0.25, -0.2) is 4.89 Å². The van der Waals surface area contributed by atoms with Crippen LogP contribution in [0.2, 0.25) is 0 Å². The minimum Gasteiger partial charge on any atom is -0.282 e. The second-order valence-corrected chi connectivity index (χ2v) is 10.5. The first-order chi connectivity index (χ1) is 14.8. The van der Waals surface area contributed by atoms with E-state index >= 15 is 0 Å². The summed E-state index contributed by atoms with van der Waals surface area (Å²) in [7, 11) is -8.76. The van der Waals surface area contributed by atoms with E-state index in [-0.39, 0.29) is 27.2 Å². The molecule has 0 saturated heterocycles. The molecule has 2 rings (SSSR count). The molecule has 0 heterocycles. The Morgan fingerprint density at radius 1 is 0.710 bits per heavy atom. The maximum atomic E-state index is 12.5. The summed E-state index contributed by atoms with van der Waals surface area (Å²) < 4.78 is 62.2. The van der Waals surface area contributed by atoms with Crippen molar-refractivity contribution in [2.45, 2.75) is 80.9 Å². The topological polar surface area (TPSA) is 107 Å². The van der Waals surface area contributed by atoms with Crippen LogP contribution in [0.15, 0.2) is 46.2 Å². The standard InChI is InChI=1S/C22H32O7S2/c1-2-3-4-5-6-7-8-9-10-11-18-28-29-31(26,27)22-17-13-14-19-20(22)15-12-16-21(19)30(23,24)25/h12-17H,2-11,18H2,1H3,(H,23,24,25). The van der Waals surface area contributed by atoms with Crippen molar-refractivity contribution in [2.75, 3.05) is 6.61 Å². The Morgan fingerprint density at radius 2 is 1.19 bits per heavy atom. The first-order valence-corrected chi connectivity index (χ1v) is 13.7. The Bertz CT molecular complexity index is 1030. The van der Waals surface area contributed by atoms with Gasteiger partial charge in [-0.15, -0.1) is 4.33 Å². The summed E-state index contributed by atoms with van der Waals surface area (Å²) in [4.78, 5) is 4.32. The summed E-state index contributed by atoms with van der Waals surface area (Å²) in [5.74, 6) is 0. The van der Waals surface area contributed by atoms with Gasteiger partial charge in [0.25, 0.3) is 10.1 Å². The fraction of sp³-hybridized carbons (Fsp3) is 0.545. The molecule has 0 spiro atoms. The smallest absolute Gasteiger partial charge is 0.282 e. The molecule has 0 saturated carbocycles. The molecule has 0 unspecified atom stereocenters. The van der Waals surface area contributed by atoms with Crippen molar-refractivity contribution in [3.8, 4) is 0 Å². The number of unbranched alkanes of at least 4 members (excludes halogenated alkanes) is 9. The van der Waals surface area contributed by atoms with Crippen molar-refractivity contribution >= 4 is 31.0 Å². The van der Waals surface area contributed by atoms with E-state index in [0.717, 1.165) is 19.3 Å². The van der Waals surface area contributed by atoms with Crippen molar-refractivity contribution in [1.29, 1.82) is 0 Å². The maximum Gasteiger partial charge on any atom is 0.323 e. The zero-order chi connectivity index (χ0) is 22.7. The van der Waals surface area contributed by atoms with Crippen molar-refractivity contribution in [1.82, 2.24) is 0 Å². The number of benzene rings is 2. The molecule has 2 aromatic carbocycles. The lowest BCUT2D eigenvalue weighted by Gasteiger charge is -2.10. The van der Waals surface area contributed by atoms with Gasteiger partial charge in [0.15, 0.2) is 0 Å². The van der Waals surface area contributed by atoms with Gasteiger partial charge in [-0.3, -0.25) is 4.55 Å². The van der Waals surface area contributed by atoms with Gasteiger partial charge in [0.05, 0.1) is 6.61 Å². The molecule has 31 heavy (non-hydrogen) atoms. The lowest BCUT2D eigenvalue weighted by Crippen LogP contribution is -2.09. The Kier molecular flexibility index (Phi) is 10.4. The molecule has 0 amide bonds. The van der Waals surface area contributed by atoms with Crippen molar-refractivity contribution in [3.05, 3.63) is 36.4 Å². The molecular weight excluding hydrogens is 440 g/mol. The molecule has 0 aromatic heterocycles. The van der Waals surface area contributed by atoms with Gasteiger partial charge in [-0.2, -0.15) is 16.8 Å². The van der Waals surface area contributed by atoms with E-state index < -0.39 is 20.2 Å². The van der Waals surface area contributed by atoms with E-state index in [2.05, 4.69) is 6.92 Å². The normalized spacial score (nSPS) is 12.5.